The van der Waals surface area contributed by atoms with E-state index < -0.39 is 0 Å². The Balaban J connectivity index is 2.11. The third-order valence-corrected chi connectivity index (χ3v) is 4.34. The fourth-order valence-corrected chi connectivity index (χ4v) is 2.47. The van der Waals surface area contributed by atoms with E-state index >= 15 is 0 Å². The van der Waals surface area contributed by atoms with Crippen LogP contribution in [0.5, 0.6) is 0 Å². The molecule has 0 aliphatic rings. The van der Waals surface area contributed by atoms with Crippen molar-refractivity contribution in [3.63, 3.8) is 0 Å². The number of aromatic nitrogens is 1. The van der Waals surface area contributed by atoms with Crippen LogP contribution in [-0.2, 0) is 4.79 Å². The first kappa shape index (κ1) is 19.3. The predicted octanol–water partition coefficient (Wildman–Crippen LogP) is 2.55. The minimum Gasteiger partial charge on any atom is -0.359 e. The summed E-state index contributed by atoms with van der Waals surface area (Å²) in [5.41, 5.74) is 2.70. The maximum atomic E-state index is 12.6. The van der Waals surface area contributed by atoms with Crippen LogP contribution in [0.15, 0.2) is 42.6 Å². The van der Waals surface area contributed by atoms with Crippen LogP contribution in [0.2, 0.25) is 0 Å². The summed E-state index contributed by atoms with van der Waals surface area (Å²) < 4.78 is 0. The highest BCUT2D eigenvalue weighted by Gasteiger charge is 2.19. The summed E-state index contributed by atoms with van der Waals surface area (Å²) in [5.74, 6) is -0.278. The molecule has 6 heteroatoms. The molecule has 0 saturated carbocycles. The molecule has 1 N–H and O–H groups in total. The molecule has 0 radical (unpaired) electrons. The van der Waals surface area contributed by atoms with Crippen molar-refractivity contribution in [2.24, 2.45) is 0 Å². The number of nitrogens with zero attached hydrogens (tertiary/aromatic N) is 2. The Morgan fingerprint density at radius 3 is 2.19 bits per heavy atom. The maximum Gasteiger partial charge on any atom is 0.253 e. The fraction of sp³-hybridized carbons (Fsp3) is 0.300. The van der Waals surface area contributed by atoms with E-state index in [1.54, 1.807) is 49.5 Å². The van der Waals surface area contributed by atoms with Crippen molar-refractivity contribution in [2.45, 2.75) is 26.3 Å². The number of nitrogens with one attached hydrogen (secondary N) is 1. The highest BCUT2D eigenvalue weighted by Crippen LogP contribution is 2.19. The molecular weight excluding hydrogens is 330 g/mol. The lowest BCUT2D eigenvalue weighted by Gasteiger charge is -2.24. The van der Waals surface area contributed by atoms with Crippen LogP contribution in [0.25, 0.3) is 11.3 Å². The molecule has 0 aliphatic heterocycles. The van der Waals surface area contributed by atoms with Gasteiger partial charge in [-0.25, -0.2) is 0 Å². The molecule has 6 nitrogen and oxygen atoms in total. The Morgan fingerprint density at radius 1 is 1.08 bits per heavy atom. The van der Waals surface area contributed by atoms with Crippen molar-refractivity contribution in [1.29, 1.82) is 0 Å². The largest absolute Gasteiger partial charge is 0.359 e. The second-order valence-electron chi connectivity index (χ2n) is 6.21. The number of hydrogen-bond donors (Lipinski definition) is 1. The number of benzene rings is 1. The Morgan fingerprint density at radius 2 is 1.69 bits per heavy atom. The van der Waals surface area contributed by atoms with Crippen molar-refractivity contribution in [1.82, 2.24) is 15.2 Å². The van der Waals surface area contributed by atoms with E-state index in [0.717, 1.165) is 11.3 Å². The van der Waals surface area contributed by atoms with Crippen molar-refractivity contribution in [2.75, 3.05) is 14.1 Å². The SMILES string of the molecule is CNC(=O)C[C@@H](C)N(C)C(=O)c1ccc(-c2ccc(C(C)=O)cn2)cc1. The Hall–Kier alpha value is -3.02. The van der Waals surface area contributed by atoms with Crippen molar-refractivity contribution in [3.05, 3.63) is 53.7 Å². The monoisotopic (exact) mass is 353 g/mol. The van der Waals surface area contributed by atoms with Gasteiger partial charge >= 0.3 is 0 Å². The zero-order chi connectivity index (χ0) is 19.3. The molecule has 26 heavy (non-hydrogen) atoms. The summed E-state index contributed by atoms with van der Waals surface area (Å²) >= 11 is 0. The average Bonchev–Trinajstić information content (AvgIpc) is 2.66. The molecule has 0 spiro atoms. The van der Waals surface area contributed by atoms with Crippen LogP contribution in [0, 0.1) is 0 Å². The summed E-state index contributed by atoms with van der Waals surface area (Å²) in [6, 6.07) is 10.4. The number of carbonyl (C=O) groups excluding carboxylic acids is 3. The van der Waals surface area contributed by atoms with E-state index in [2.05, 4.69) is 10.3 Å². The molecule has 1 heterocycles. The quantitative estimate of drug-likeness (QED) is 0.810. The van der Waals surface area contributed by atoms with E-state index in [4.69, 9.17) is 0 Å². The van der Waals surface area contributed by atoms with Gasteiger partial charge in [0.15, 0.2) is 5.78 Å². The topological polar surface area (TPSA) is 79.4 Å². The van der Waals surface area contributed by atoms with Gasteiger partial charge in [-0.2, -0.15) is 0 Å². The predicted molar refractivity (Wildman–Crippen MR) is 99.9 cm³/mol. The Labute approximate surface area is 153 Å². The Bertz CT molecular complexity index is 798. The Kier molecular flexibility index (Phi) is 6.22. The van der Waals surface area contributed by atoms with Crippen LogP contribution in [0.4, 0.5) is 0 Å². The zero-order valence-electron chi connectivity index (χ0n) is 15.4. The number of rotatable bonds is 6. The van der Waals surface area contributed by atoms with Gasteiger partial charge in [0.05, 0.1) is 5.69 Å². The minimum absolute atomic E-state index is 0.0288. The molecule has 1 atom stereocenters. The third kappa shape index (κ3) is 4.53. The third-order valence-electron chi connectivity index (χ3n) is 4.34. The first-order valence-electron chi connectivity index (χ1n) is 8.38. The van der Waals surface area contributed by atoms with Crippen LogP contribution >= 0.6 is 0 Å². The van der Waals surface area contributed by atoms with Crippen molar-refractivity contribution in [3.8, 4) is 11.3 Å². The molecule has 2 aromatic rings. The summed E-state index contributed by atoms with van der Waals surface area (Å²) in [6.07, 6.45) is 1.80. The number of Topliss-reactive ketones (excluding diaryl/α,β-unsaturated/α-hetero) is 1. The van der Waals surface area contributed by atoms with Crippen molar-refractivity contribution >= 4 is 17.6 Å². The van der Waals surface area contributed by atoms with Gasteiger partial charge in [0.25, 0.3) is 5.91 Å². The molecule has 0 unspecified atom stereocenters. The number of carbonyl (C=O) groups is 3. The maximum absolute atomic E-state index is 12.6. The number of pyridine rings is 1. The molecule has 0 bridgehead atoms. The van der Waals surface area contributed by atoms with Gasteiger partial charge in [0, 0.05) is 49.4 Å². The van der Waals surface area contributed by atoms with E-state index in [0.29, 0.717) is 11.1 Å². The number of hydrogen-bond acceptors (Lipinski definition) is 4. The van der Waals surface area contributed by atoms with Gasteiger partial charge in [0.1, 0.15) is 0 Å². The average molecular weight is 353 g/mol. The second kappa shape index (κ2) is 8.38. The molecule has 2 rings (SSSR count). The first-order chi connectivity index (χ1) is 12.3. The van der Waals surface area contributed by atoms with E-state index in [1.807, 2.05) is 19.1 Å². The lowest BCUT2D eigenvalue weighted by atomic mass is 10.1. The summed E-state index contributed by atoms with van der Waals surface area (Å²) in [6.45, 7) is 3.33. The van der Waals surface area contributed by atoms with E-state index in [9.17, 15) is 14.4 Å². The smallest absolute Gasteiger partial charge is 0.253 e. The van der Waals surface area contributed by atoms with E-state index in [-0.39, 0.29) is 30.1 Å². The first-order valence-corrected chi connectivity index (χ1v) is 8.38. The van der Waals surface area contributed by atoms with Crippen LogP contribution in [0.1, 0.15) is 41.0 Å². The highest BCUT2D eigenvalue weighted by molar-refractivity contribution is 5.95. The zero-order valence-corrected chi connectivity index (χ0v) is 15.4. The lowest BCUT2D eigenvalue weighted by Crippen LogP contribution is -2.38. The van der Waals surface area contributed by atoms with Crippen LogP contribution < -0.4 is 5.32 Å². The van der Waals surface area contributed by atoms with Gasteiger partial charge in [0.2, 0.25) is 5.91 Å². The van der Waals surface area contributed by atoms with Gasteiger partial charge in [-0.3, -0.25) is 19.4 Å². The number of amides is 2. The van der Waals surface area contributed by atoms with Gasteiger partial charge in [-0.05, 0) is 38.1 Å². The standard InChI is InChI=1S/C20H23N3O3/c1-13(11-19(25)21-3)23(4)20(26)16-7-5-15(6-8-16)18-10-9-17(12-22-18)14(2)24/h5-10,12-13H,11H2,1-4H3,(H,21,25)/t13-/m1/s1. The van der Waals surface area contributed by atoms with Crippen molar-refractivity contribution < 1.29 is 14.4 Å². The summed E-state index contributed by atoms with van der Waals surface area (Å²) in [4.78, 5) is 41.2. The van der Waals surface area contributed by atoms with E-state index in [1.165, 1.54) is 6.92 Å². The fourth-order valence-electron chi connectivity index (χ4n) is 2.47. The van der Waals surface area contributed by atoms with Gasteiger partial charge < -0.3 is 10.2 Å². The molecular formula is C20H23N3O3. The van der Waals surface area contributed by atoms with Crippen LogP contribution in [0.3, 0.4) is 0 Å². The molecule has 1 aromatic carbocycles. The molecule has 0 aliphatic carbocycles. The summed E-state index contributed by atoms with van der Waals surface area (Å²) in [5, 5.41) is 2.56. The number of ketones is 1. The molecule has 136 valence electrons. The van der Waals surface area contributed by atoms with Gasteiger partial charge in [-0.1, -0.05) is 12.1 Å². The van der Waals surface area contributed by atoms with Gasteiger partial charge in [-0.15, -0.1) is 0 Å². The molecule has 2 amide bonds. The normalized spacial score (nSPS) is 11.5. The second-order valence-corrected chi connectivity index (χ2v) is 6.21. The highest BCUT2D eigenvalue weighted by atomic mass is 16.2. The molecule has 1 aromatic heterocycles. The molecule has 0 saturated heterocycles. The summed E-state index contributed by atoms with van der Waals surface area (Å²) in [7, 11) is 3.26. The molecule has 0 fully saturated rings. The minimum atomic E-state index is -0.206. The van der Waals surface area contributed by atoms with Crippen LogP contribution in [-0.4, -0.2) is 47.6 Å². The lowest BCUT2D eigenvalue weighted by molar-refractivity contribution is -0.121.